The van der Waals surface area contributed by atoms with E-state index in [0.29, 0.717) is 6.04 Å². The number of hydrogen-bond acceptors (Lipinski definition) is 3. The molecule has 0 bridgehead atoms. The van der Waals surface area contributed by atoms with Crippen molar-refractivity contribution in [1.29, 1.82) is 0 Å². The molecule has 1 N–H and O–H groups in total. The smallest absolute Gasteiger partial charge is 0.320 e. The summed E-state index contributed by atoms with van der Waals surface area (Å²) >= 11 is 1.92. The van der Waals surface area contributed by atoms with Crippen LogP contribution in [0.1, 0.15) is 20.3 Å². The summed E-state index contributed by atoms with van der Waals surface area (Å²) in [4.78, 5) is 12.9. The molecule has 13 heavy (non-hydrogen) atoms. The first-order valence-corrected chi connectivity index (χ1v) is 5.88. The summed E-state index contributed by atoms with van der Waals surface area (Å²) < 4.78 is 0. The second kappa shape index (κ2) is 4.86. The van der Waals surface area contributed by atoms with E-state index in [-0.39, 0.29) is 6.04 Å². The van der Waals surface area contributed by atoms with Gasteiger partial charge in [-0.25, -0.2) is 0 Å². The number of carbonyl (C=O) groups is 1. The Hall–Kier alpha value is -0.220. The number of likely N-dealkylation sites (N-methyl/N-ethyl adjacent to an activating group) is 1. The Morgan fingerprint density at radius 2 is 2.46 bits per heavy atom. The first-order chi connectivity index (χ1) is 6.16. The van der Waals surface area contributed by atoms with E-state index in [9.17, 15) is 4.79 Å². The Morgan fingerprint density at radius 1 is 1.77 bits per heavy atom. The van der Waals surface area contributed by atoms with Gasteiger partial charge in [-0.05, 0) is 25.6 Å². The lowest BCUT2D eigenvalue weighted by Gasteiger charge is -2.30. The molecule has 0 aliphatic carbocycles. The highest BCUT2D eigenvalue weighted by molar-refractivity contribution is 7.99. The molecule has 2 atom stereocenters. The fourth-order valence-electron chi connectivity index (χ4n) is 1.77. The van der Waals surface area contributed by atoms with E-state index in [0.717, 1.165) is 18.7 Å². The average molecular weight is 203 g/mol. The van der Waals surface area contributed by atoms with Gasteiger partial charge in [-0.2, -0.15) is 11.8 Å². The van der Waals surface area contributed by atoms with Crippen LogP contribution in [0, 0.1) is 0 Å². The molecule has 1 fully saturated rings. The van der Waals surface area contributed by atoms with E-state index in [1.165, 1.54) is 5.75 Å². The van der Waals surface area contributed by atoms with Crippen molar-refractivity contribution in [3.8, 4) is 0 Å². The third-order valence-electron chi connectivity index (χ3n) is 2.59. The first kappa shape index (κ1) is 10.9. The summed E-state index contributed by atoms with van der Waals surface area (Å²) in [5.74, 6) is 1.55. The second-order valence-electron chi connectivity index (χ2n) is 3.36. The van der Waals surface area contributed by atoms with Gasteiger partial charge < -0.3 is 5.11 Å². The minimum absolute atomic E-state index is 0.339. The number of hydrogen-bond donors (Lipinski definition) is 1. The van der Waals surface area contributed by atoms with Gasteiger partial charge in [0.25, 0.3) is 0 Å². The molecular formula is C9H17NO2S. The Kier molecular flexibility index (Phi) is 4.06. The van der Waals surface area contributed by atoms with Crippen molar-refractivity contribution < 1.29 is 9.90 Å². The lowest BCUT2D eigenvalue weighted by Crippen LogP contribution is -2.45. The third-order valence-corrected chi connectivity index (χ3v) is 3.74. The number of rotatable bonds is 4. The van der Waals surface area contributed by atoms with Crippen LogP contribution in [0.4, 0.5) is 0 Å². The molecule has 1 saturated heterocycles. The van der Waals surface area contributed by atoms with Gasteiger partial charge in [-0.15, -0.1) is 0 Å². The number of thioether (sulfide) groups is 1. The zero-order valence-corrected chi connectivity index (χ0v) is 9.01. The van der Waals surface area contributed by atoms with Gasteiger partial charge in [0.1, 0.15) is 6.04 Å². The number of carboxylic acid groups (broad SMARTS) is 1. The van der Waals surface area contributed by atoms with Crippen LogP contribution in [-0.2, 0) is 4.79 Å². The van der Waals surface area contributed by atoms with Gasteiger partial charge in [0, 0.05) is 11.8 Å². The molecule has 0 radical (unpaired) electrons. The van der Waals surface area contributed by atoms with Gasteiger partial charge in [0.05, 0.1) is 0 Å². The SMILES string of the molecule is CCN(C1CCSC1)C(C)C(=O)O. The van der Waals surface area contributed by atoms with E-state index in [1.807, 2.05) is 18.7 Å². The monoisotopic (exact) mass is 203 g/mol. The molecule has 3 nitrogen and oxygen atoms in total. The molecule has 1 aliphatic heterocycles. The van der Waals surface area contributed by atoms with Crippen molar-refractivity contribution in [2.45, 2.75) is 32.4 Å². The summed E-state index contributed by atoms with van der Waals surface area (Å²) in [5.41, 5.74) is 0. The van der Waals surface area contributed by atoms with Crippen LogP contribution in [0.25, 0.3) is 0 Å². The summed E-state index contributed by atoms with van der Waals surface area (Å²) in [5, 5.41) is 8.90. The van der Waals surface area contributed by atoms with E-state index in [4.69, 9.17) is 5.11 Å². The van der Waals surface area contributed by atoms with E-state index >= 15 is 0 Å². The minimum atomic E-state index is -0.709. The standard InChI is InChI=1S/C9H17NO2S/c1-3-10(7(2)9(11)12)8-4-5-13-6-8/h7-8H,3-6H2,1-2H3,(H,11,12). The largest absolute Gasteiger partial charge is 0.480 e. The second-order valence-corrected chi connectivity index (χ2v) is 4.51. The van der Waals surface area contributed by atoms with Crippen LogP contribution in [0.5, 0.6) is 0 Å². The van der Waals surface area contributed by atoms with E-state index in [2.05, 4.69) is 4.90 Å². The zero-order valence-electron chi connectivity index (χ0n) is 8.19. The average Bonchev–Trinajstić information content (AvgIpc) is 2.58. The molecule has 0 saturated carbocycles. The lowest BCUT2D eigenvalue weighted by atomic mass is 10.1. The highest BCUT2D eigenvalue weighted by Gasteiger charge is 2.28. The van der Waals surface area contributed by atoms with Crippen LogP contribution < -0.4 is 0 Å². The van der Waals surface area contributed by atoms with Gasteiger partial charge >= 0.3 is 5.97 Å². The van der Waals surface area contributed by atoms with E-state index in [1.54, 1.807) is 6.92 Å². The summed E-state index contributed by atoms with van der Waals surface area (Å²) in [7, 11) is 0. The van der Waals surface area contributed by atoms with Crippen molar-refractivity contribution in [2.75, 3.05) is 18.1 Å². The quantitative estimate of drug-likeness (QED) is 0.747. The van der Waals surface area contributed by atoms with Crippen molar-refractivity contribution in [3.05, 3.63) is 0 Å². The topological polar surface area (TPSA) is 40.5 Å². The first-order valence-electron chi connectivity index (χ1n) is 4.73. The van der Waals surface area contributed by atoms with E-state index < -0.39 is 5.97 Å². The van der Waals surface area contributed by atoms with Crippen LogP contribution in [0.3, 0.4) is 0 Å². The van der Waals surface area contributed by atoms with Crippen LogP contribution in [0.2, 0.25) is 0 Å². The molecule has 0 aromatic rings. The normalized spacial score (nSPS) is 25.0. The molecule has 1 heterocycles. The van der Waals surface area contributed by atoms with Crippen molar-refractivity contribution in [1.82, 2.24) is 4.90 Å². The van der Waals surface area contributed by atoms with Crippen LogP contribution >= 0.6 is 11.8 Å². The predicted octanol–water partition coefficient (Wildman–Crippen LogP) is 1.29. The summed E-state index contributed by atoms with van der Waals surface area (Å²) in [6.07, 6.45) is 1.14. The Bertz CT molecular complexity index is 180. The predicted molar refractivity (Wildman–Crippen MR) is 55.2 cm³/mol. The highest BCUT2D eigenvalue weighted by Crippen LogP contribution is 2.23. The number of carboxylic acids is 1. The van der Waals surface area contributed by atoms with Gasteiger partial charge in [0.2, 0.25) is 0 Å². The molecule has 1 rings (SSSR count). The fraction of sp³-hybridized carbons (Fsp3) is 0.889. The molecule has 76 valence electrons. The molecule has 0 amide bonds. The molecule has 0 spiro atoms. The molecule has 4 heteroatoms. The number of aliphatic carboxylic acids is 1. The molecular weight excluding hydrogens is 186 g/mol. The molecule has 0 aromatic carbocycles. The van der Waals surface area contributed by atoms with Gasteiger partial charge in [-0.3, -0.25) is 9.69 Å². The highest BCUT2D eigenvalue weighted by atomic mass is 32.2. The third kappa shape index (κ3) is 2.61. The maximum Gasteiger partial charge on any atom is 0.320 e. The summed E-state index contributed by atoms with van der Waals surface area (Å²) in [6, 6.07) is 0.134. The van der Waals surface area contributed by atoms with Crippen LogP contribution in [0.15, 0.2) is 0 Å². The maximum absolute atomic E-state index is 10.8. The maximum atomic E-state index is 10.8. The Labute approximate surface area is 83.5 Å². The van der Waals surface area contributed by atoms with Gasteiger partial charge in [0.15, 0.2) is 0 Å². The number of nitrogens with zero attached hydrogens (tertiary/aromatic N) is 1. The lowest BCUT2D eigenvalue weighted by molar-refractivity contribution is -0.143. The summed E-state index contributed by atoms with van der Waals surface area (Å²) in [6.45, 7) is 4.63. The molecule has 0 aromatic heterocycles. The van der Waals surface area contributed by atoms with Crippen molar-refractivity contribution >= 4 is 17.7 Å². The van der Waals surface area contributed by atoms with Crippen molar-refractivity contribution in [3.63, 3.8) is 0 Å². The van der Waals surface area contributed by atoms with Crippen LogP contribution in [-0.4, -0.2) is 46.1 Å². The minimum Gasteiger partial charge on any atom is -0.480 e. The molecule has 1 aliphatic rings. The Morgan fingerprint density at radius 3 is 2.85 bits per heavy atom. The van der Waals surface area contributed by atoms with Crippen molar-refractivity contribution in [2.24, 2.45) is 0 Å². The van der Waals surface area contributed by atoms with Gasteiger partial charge in [-0.1, -0.05) is 6.92 Å². The molecule has 2 unspecified atom stereocenters. The fourth-order valence-corrected chi connectivity index (χ4v) is 3.01. The Balaban J connectivity index is 2.54. The zero-order chi connectivity index (χ0) is 9.84.